The van der Waals surface area contributed by atoms with Gasteiger partial charge in [-0.2, -0.15) is 0 Å². The van der Waals surface area contributed by atoms with E-state index in [1.54, 1.807) is 0 Å². The van der Waals surface area contributed by atoms with Crippen LogP contribution in [0.4, 0.5) is 0 Å². The number of ether oxygens (including phenoxy) is 1. The van der Waals surface area contributed by atoms with E-state index < -0.39 is 6.10 Å². The van der Waals surface area contributed by atoms with Crippen LogP contribution in [0.3, 0.4) is 0 Å². The molecule has 4 nitrogen and oxygen atoms in total. The third-order valence-corrected chi connectivity index (χ3v) is 1.93. The Kier molecular flexibility index (Phi) is 5.72. The summed E-state index contributed by atoms with van der Waals surface area (Å²) < 4.78 is 4.92. The summed E-state index contributed by atoms with van der Waals surface area (Å²) >= 11 is 0. The van der Waals surface area contributed by atoms with Crippen molar-refractivity contribution in [3.05, 3.63) is 0 Å². The fourth-order valence-corrected chi connectivity index (χ4v) is 0.762. The van der Waals surface area contributed by atoms with E-state index in [1.165, 1.54) is 0 Å². The second-order valence-corrected chi connectivity index (χ2v) is 4.32. The van der Waals surface area contributed by atoms with Gasteiger partial charge in [0, 0.05) is 13.2 Å². The van der Waals surface area contributed by atoms with Crippen LogP contribution in [-0.4, -0.2) is 36.9 Å². The van der Waals surface area contributed by atoms with E-state index in [1.807, 2.05) is 27.7 Å². The van der Waals surface area contributed by atoms with E-state index >= 15 is 0 Å². The highest BCUT2D eigenvalue weighted by Crippen LogP contribution is 2.17. The first kappa shape index (κ1) is 13.4. The Morgan fingerprint density at radius 1 is 1.50 bits per heavy atom. The number of rotatable bonds is 5. The second-order valence-electron chi connectivity index (χ2n) is 4.32. The van der Waals surface area contributed by atoms with Crippen LogP contribution in [-0.2, 0) is 9.53 Å². The Bertz CT molecular complexity index is 175. The number of carbonyl (C=O) groups excluding carboxylic acids is 1. The van der Waals surface area contributed by atoms with E-state index in [9.17, 15) is 9.90 Å². The smallest absolute Gasteiger partial charge is 0.246 e. The first-order chi connectivity index (χ1) is 6.38. The van der Waals surface area contributed by atoms with Crippen LogP contribution in [0.2, 0.25) is 0 Å². The molecule has 4 heteroatoms. The van der Waals surface area contributed by atoms with Crippen LogP contribution in [0.15, 0.2) is 0 Å². The van der Waals surface area contributed by atoms with E-state index in [-0.39, 0.29) is 24.5 Å². The molecule has 0 aromatic rings. The number of hydrogen-bond acceptors (Lipinski definition) is 3. The molecule has 0 bridgehead atoms. The third-order valence-electron chi connectivity index (χ3n) is 1.93. The minimum atomic E-state index is -0.534. The molecule has 0 rings (SSSR count). The summed E-state index contributed by atoms with van der Waals surface area (Å²) in [5.41, 5.74) is -0.209. The van der Waals surface area contributed by atoms with Crippen molar-refractivity contribution < 1.29 is 14.6 Å². The van der Waals surface area contributed by atoms with Gasteiger partial charge in [-0.1, -0.05) is 20.8 Å². The molecule has 14 heavy (non-hydrogen) atoms. The molecule has 0 saturated carbocycles. The lowest BCUT2D eigenvalue weighted by Crippen LogP contribution is -2.40. The molecule has 2 N–H and O–H groups in total. The number of carbonyl (C=O) groups is 1. The molecule has 0 heterocycles. The van der Waals surface area contributed by atoms with Crippen LogP contribution < -0.4 is 5.32 Å². The Labute approximate surface area is 85.6 Å². The van der Waals surface area contributed by atoms with Gasteiger partial charge in [0.2, 0.25) is 5.91 Å². The molecule has 0 aliphatic heterocycles. The van der Waals surface area contributed by atoms with Crippen molar-refractivity contribution in [3.8, 4) is 0 Å². The van der Waals surface area contributed by atoms with Gasteiger partial charge in [0.15, 0.2) is 0 Å². The fourth-order valence-electron chi connectivity index (χ4n) is 0.762. The van der Waals surface area contributed by atoms with Gasteiger partial charge in [0.1, 0.15) is 6.61 Å². The van der Waals surface area contributed by atoms with Crippen molar-refractivity contribution in [2.24, 2.45) is 5.41 Å². The second kappa shape index (κ2) is 5.98. The van der Waals surface area contributed by atoms with Gasteiger partial charge >= 0.3 is 0 Å². The highest BCUT2D eigenvalue weighted by atomic mass is 16.5. The molecule has 1 atom stereocenters. The van der Waals surface area contributed by atoms with Crippen LogP contribution >= 0.6 is 0 Å². The van der Waals surface area contributed by atoms with Crippen LogP contribution in [0.25, 0.3) is 0 Å². The lowest BCUT2D eigenvalue weighted by molar-refractivity contribution is -0.126. The number of aliphatic hydroxyl groups is 1. The Balaban J connectivity index is 3.67. The molecule has 0 aromatic carbocycles. The van der Waals surface area contributed by atoms with E-state index in [0.717, 1.165) is 0 Å². The standard InChI is InChI=1S/C10H21NO3/c1-5-14-7-9(13)11-6-8(12)10(2,3)4/h8,12H,5-7H2,1-4H3,(H,11,13). The van der Waals surface area contributed by atoms with Crippen molar-refractivity contribution in [3.63, 3.8) is 0 Å². The molecule has 1 unspecified atom stereocenters. The maximum Gasteiger partial charge on any atom is 0.246 e. The topological polar surface area (TPSA) is 58.6 Å². The summed E-state index contributed by atoms with van der Waals surface area (Å²) in [6.07, 6.45) is -0.534. The summed E-state index contributed by atoms with van der Waals surface area (Å²) in [6, 6.07) is 0. The molecule has 1 amide bonds. The normalized spacial score (nSPS) is 13.8. The molecular weight excluding hydrogens is 182 g/mol. The largest absolute Gasteiger partial charge is 0.391 e. The van der Waals surface area contributed by atoms with Gasteiger partial charge in [-0.05, 0) is 12.3 Å². The summed E-state index contributed by atoms with van der Waals surface area (Å²) in [7, 11) is 0. The first-order valence-corrected chi connectivity index (χ1v) is 4.90. The van der Waals surface area contributed by atoms with Gasteiger partial charge in [-0.15, -0.1) is 0 Å². The number of hydrogen-bond donors (Lipinski definition) is 2. The maximum absolute atomic E-state index is 11.1. The highest BCUT2D eigenvalue weighted by Gasteiger charge is 2.22. The first-order valence-electron chi connectivity index (χ1n) is 4.90. The summed E-state index contributed by atoms with van der Waals surface area (Å²) in [4.78, 5) is 11.1. The van der Waals surface area contributed by atoms with Crippen LogP contribution in [0, 0.1) is 5.41 Å². The van der Waals surface area contributed by atoms with Crippen LogP contribution in [0.5, 0.6) is 0 Å². The van der Waals surface area contributed by atoms with E-state index in [4.69, 9.17) is 4.74 Å². The quantitative estimate of drug-likeness (QED) is 0.686. The predicted octanol–water partition coefficient (Wildman–Crippen LogP) is 0.546. The van der Waals surface area contributed by atoms with Gasteiger partial charge in [0.25, 0.3) is 0 Å². The maximum atomic E-state index is 11.1. The Hall–Kier alpha value is -0.610. The van der Waals surface area contributed by atoms with Gasteiger partial charge in [0.05, 0.1) is 6.10 Å². The average Bonchev–Trinajstić information content (AvgIpc) is 2.09. The zero-order valence-electron chi connectivity index (χ0n) is 9.46. The van der Waals surface area contributed by atoms with Gasteiger partial charge < -0.3 is 15.2 Å². The van der Waals surface area contributed by atoms with Crippen LogP contribution in [0.1, 0.15) is 27.7 Å². The summed E-state index contributed by atoms with van der Waals surface area (Å²) in [6.45, 7) is 8.46. The van der Waals surface area contributed by atoms with E-state index in [2.05, 4.69) is 5.32 Å². The lowest BCUT2D eigenvalue weighted by atomic mass is 9.89. The molecule has 0 spiro atoms. The molecule has 0 saturated heterocycles. The molecule has 0 radical (unpaired) electrons. The molecule has 84 valence electrons. The number of nitrogens with one attached hydrogen (secondary N) is 1. The van der Waals surface area contributed by atoms with Crippen molar-refractivity contribution in [2.75, 3.05) is 19.8 Å². The zero-order valence-corrected chi connectivity index (χ0v) is 9.46. The average molecular weight is 203 g/mol. The molecular formula is C10H21NO3. The predicted molar refractivity (Wildman–Crippen MR) is 55.0 cm³/mol. The third kappa shape index (κ3) is 5.94. The number of amides is 1. The van der Waals surface area contributed by atoms with Crippen molar-refractivity contribution in [1.82, 2.24) is 5.32 Å². The Morgan fingerprint density at radius 2 is 2.07 bits per heavy atom. The minimum Gasteiger partial charge on any atom is -0.391 e. The minimum absolute atomic E-state index is 0.0629. The highest BCUT2D eigenvalue weighted by molar-refractivity contribution is 5.77. The Morgan fingerprint density at radius 3 is 2.50 bits per heavy atom. The SMILES string of the molecule is CCOCC(=O)NCC(O)C(C)(C)C. The monoisotopic (exact) mass is 203 g/mol. The van der Waals surface area contributed by atoms with Crippen molar-refractivity contribution >= 4 is 5.91 Å². The molecule has 0 aliphatic rings. The number of aliphatic hydroxyl groups excluding tert-OH is 1. The van der Waals surface area contributed by atoms with E-state index in [0.29, 0.717) is 6.61 Å². The fraction of sp³-hybridized carbons (Fsp3) is 0.900. The summed E-state index contributed by atoms with van der Waals surface area (Å²) in [5.74, 6) is -0.185. The zero-order chi connectivity index (χ0) is 11.2. The molecule has 0 aliphatic carbocycles. The van der Waals surface area contributed by atoms with Gasteiger partial charge in [-0.3, -0.25) is 4.79 Å². The van der Waals surface area contributed by atoms with Gasteiger partial charge in [-0.25, -0.2) is 0 Å². The molecule has 0 aromatic heterocycles. The van der Waals surface area contributed by atoms with Crippen molar-refractivity contribution in [2.45, 2.75) is 33.8 Å². The summed E-state index contributed by atoms with van der Waals surface area (Å²) in [5, 5.41) is 12.2. The lowest BCUT2D eigenvalue weighted by Gasteiger charge is -2.25. The molecule has 0 fully saturated rings. The van der Waals surface area contributed by atoms with Crippen molar-refractivity contribution in [1.29, 1.82) is 0 Å².